The average Bonchev–Trinajstić information content (AvgIpc) is 3.30. The Kier molecular flexibility index (Phi) is 5.96. The van der Waals surface area contributed by atoms with Gasteiger partial charge in [0.1, 0.15) is 23.6 Å². The van der Waals surface area contributed by atoms with Crippen LogP contribution < -0.4 is 25.2 Å². The van der Waals surface area contributed by atoms with Gasteiger partial charge in [-0.2, -0.15) is 9.61 Å². The lowest BCUT2D eigenvalue weighted by molar-refractivity contribution is 0.0698. The van der Waals surface area contributed by atoms with Crippen molar-refractivity contribution in [3.8, 4) is 11.5 Å². The predicted octanol–water partition coefficient (Wildman–Crippen LogP) is 3.32. The first kappa shape index (κ1) is 23.2. The number of ether oxygens (including phenoxy) is 2. The number of nitrogens with zero attached hydrogens (tertiary/aromatic N) is 5. The molecule has 186 valence electrons. The minimum Gasteiger partial charge on any atom is -0.497 e. The number of aromatic nitrogens is 4. The Morgan fingerprint density at radius 2 is 2.03 bits per heavy atom. The monoisotopic (exact) mass is 490 g/mol. The van der Waals surface area contributed by atoms with Crippen molar-refractivity contribution in [2.45, 2.75) is 26.4 Å². The molecule has 1 aromatic carbocycles. The zero-order chi connectivity index (χ0) is 25.4. The van der Waals surface area contributed by atoms with Crippen molar-refractivity contribution in [3.63, 3.8) is 0 Å². The molecule has 11 nitrogen and oxygen atoms in total. The Labute approximate surface area is 206 Å². The maximum atomic E-state index is 13.0. The number of hydrogen-bond acceptors (Lipinski definition) is 8. The van der Waals surface area contributed by atoms with Crippen molar-refractivity contribution >= 4 is 28.9 Å². The smallest absolute Gasteiger partial charge is 0.341 e. The van der Waals surface area contributed by atoms with E-state index in [0.29, 0.717) is 37.0 Å². The number of benzene rings is 1. The standard InChI is InChI=1S/C25H26N6O5/c1-15(2)30-10-4-5-19(24(30)32)27-21-20-23(31-22(28-21)18(13-26-31)25(33)34)29(11-12-36-20)14-16-6-8-17(35-3)9-7-16/h4-10,13,15H,11-12,14H2,1-3H3,(H,27,28)(H,33,34). The number of methoxy groups -OCH3 is 1. The first-order chi connectivity index (χ1) is 17.4. The summed E-state index contributed by atoms with van der Waals surface area (Å²) in [4.78, 5) is 31.5. The number of hydrogen-bond donors (Lipinski definition) is 2. The van der Waals surface area contributed by atoms with Gasteiger partial charge in [-0.3, -0.25) is 4.79 Å². The SMILES string of the molecule is COc1ccc(CN2CCOc3c(Nc4cccn(C(C)C)c4=O)nc4c(C(=O)O)cnn4c32)cc1. The van der Waals surface area contributed by atoms with Crippen LogP contribution in [0.1, 0.15) is 35.8 Å². The molecule has 36 heavy (non-hydrogen) atoms. The third-order valence-electron chi connectivity index (χ3n) is 6.03. The van der Waals surface area contributed by atoms with Gasteiger partial charge in [-0.1, -0.05) is 12.1 Å². The van der Waals surface area contributed by atoms with Gasteiger partial charge in [-0.05, 0) is 43.7 Å². The van der Waals surface area contributed by atoms with E-state index in [1.807, 2.05) is 38.1 Å². The highest BCUT2D eigenvalue weighted by Gasteiger charge is 2.29. The number of nitrogens with one attached hydrogen (secondary N) is 1. The maximum Gasteiger partial charge on any atom is 0.341 e. The van der Waals surface area contributed by atoms with Gasteiger partial charge in [0.05, 0.1) is 19.9 Å². The maximum absolute atomic E-state index is 13.0. The Morgan fingerprint density at radius 3 is 2.72 bits per heavy atom. The van der Waals surface area contributed by atoms with E-state index >= 15 is 0 Å². The molecule has 0 unspecified atom stereocenters. The minimum absolute atomic E-state index is 0.0340. The third kappa shape index (κ3) is 4.08. The van der Waals surface area contributed by atoms with Gasteiger partial charge >= 0.3 is 5.97 Å². The Balaban J connectivity index is 1.64. The second kappa shape index (κ2) is 9.25. The number of aromatic carboxylic acids is 1. The van der Waals surface area contributed by atoms with Crippen molar-refractivity contribution in [2.24, 2.45) is 0 Å². The molecule has 11 heteroatoms. The van der Waals surface area contributed by atoms with E-state index in [1.165, 1.54) is 10.7 Å². The fourth-order valence-corrected chi connectivity index (χ4v) is 4.22. The second-order valence-electron chi connectivity index (χ2n) is 8.68. The lowest BCUT2D eigenvalue weighted by Crippen LogP contribution is -2.35. The van der Waals surface area contributed by atoms with Crippen LogP contribution in [0, 0.1) is 0 Å². The predicted molar refractivity (Wildman–Crippen MR) is 134 cm³/mol. The van der Waals surface area contributed by atoms with E-state index < -0.39 is 5.97 Å². The summed E-state index contributed by atoms with van der Waals surface area (Å²) in [5.41, 5.74) is 1.20. The summed E-state index contributed by atoms with van der Waals surface area (Å²) < 4.78 is 14.4. The molecule has 0 spiro atoms. The summed E-state index contributed by atoms with van der Waals surface area (Å²) >= 11 is 0. The first-order valence-corrected chi connectivity index (χ1v) is 11.5. The van der Waals surface area contributed by atoms with Crippen LogP contribution in [0.3, 0.4) is 0 Å². The van der Waals surface area contributed by atoms with Crippen molar-refractivity contribution in [1.82, 2.24) is 19.2 Å². The molecule has 0 saturated heterocycles. The number of rotatable bonds is 7. The van der Waals surface area contributed by atoms with Gasteiger partial charge in [0.15, 0.2) is 17.3 Å². The Bertz CT molecular complexity index is 1490. The molecule has 2 N–H and O–H groups in total. The number of carboxylic acid groups (broad SMARTS) is 1. The molecule has 0 fully saturated rings. The molecule has 1 aliphatic rings. The summed E-state index contributed by atoms with van der Waals surface area (Å²) in [6.45, 7) is 5.28. The molecular weight excluding hydrogens is 464 g/mol. The number of carbonyl (C=O) groups is 1. The van der Waals surface area contributed by atoms with Crippen molar-refractivity contribution < 1.29 is 19.4 Å². The molecule has 3 aromatic heterocycles. The van der Waals surface area contributed by atoms with Crippen LogP contribution in [0.25, 0.3) is 5.65 Å². The topological polar surface area (TPSA) is 123 Å². The van der Waals surface area contributed by atoms with Gasteiger partial charge in [0.25, 0.3) is 5.56 Å². The van der Waals surface area contributed by atoms with Crippen LogP contribution in [0.15, 0.2) is 53.6 Å². The van der Waals surface area contributed by atoms with Gasteiger partial charge in [0.2, 0.25) is 5.75 Å². The van der Waals surface area contributed by atoms with Crippen LogP contribution in [-0.2, 0) is 6.54 Å². The van der Waals surface area contributed by atoms with Gasteiger partial charge in [0, 0.05) is 18.8 Å². The third-order valence-corrected chi connectivity index (χ3v) is 6.03. The summed E-state index contributed by atoms with van der Waals surface area (Å²) in [7, 11) is 1.62. The molecule has 0 bridgehead atoms. The molecule has 0 amide bonds. The molecule has 0 radical (unpaired) electrons. The number of carboxylic acids is 1. The van der Waals surface area contributed by atoms with Crippen molar-refractivity contribution in [3.05, 3.63) is 70.3 Å². The van der Waals surface area contributed by atoms with Crippen LogP contribution >= 0.6 is 0 Å². The number of anilines is 3. The number of pyridine rings is 1. The van der Waals surface area contributed by atoms with Crippen LogP contribution in [0.4, 0.5) is 17.3 Å². The zero-order valence-electron chi connectivity index (χ0n) is 20.1. The zero-order valence-corrected chi connectivity index (χ0v) is 20.1. The van der Waals surface area contributed by atoms with E-state index in [4.69, 9.17) is 9.47 Å². The molecule has 0 atom stereocenters. The van der Waals surface area contributed by atoms with Crippen LogP contribution in [0.5, 0.6) is 11.5 Å². The molecule has 4 heterocycles. The number of fused-ring (bicyclic) bond motifs is 3. The first-order valence-electron chi connectivity index (χ1n) is 11.5. The Morgan fingerprint density at radius 1 is 1.25 bits per heavy atom. The van der Waals surface area contributed by atoms with E-state index in [2.05, 4.69) is 20.3 Å². The molecule has 0 aliphatic carbocycles. The van der Waals surface area contributed by atoms with Crippen molar-refractivity contribution in [2.75, 3.05) is 30.5 Å². The van der Waals surface area contributed by atoms with Crippen LogP contribution in [-0.4, -0.2) is 50.5 Å². The van der Waals surface area contributed by atoms with E-state index in [9.17, 15) is 14.7 Å². The molecule has 1 aliphatic heterocycles. The minimum atomic E-state index is -1.15. The fourth-order valence-electron chi connectivity index (χ4n) is 4.22. The summed E-state index contributed by atoms with van der Waals surface area (Å²) in [5.74, 6) is 0.799. The average molecular weight is 491 g/mol. The van der Waals surface area contributed by atoms with E-state index in [1.54, 1.807) is 30.0 Å². The lowest BCUT2D eigenvalue weighted by atomic mass is 10.2. The van der Waals surface area contributed by atoms with Crippen molar-refractivity contribution in [1.29, 1.82) is 0 Å². The highest BCUT2D eigenvalue weighted by Crippen LogP contribution is 2.40. The fraction of sp³-hybridized carbons (Fsp3) is 0.280. The quantitative estimate of drug-likeness (QED) is 0.401. The summed E-state index contributed by atoms with van der Waals surface area (Å²) in [6.07, 6.45) is 2.99. The normalized spacial score (nSPS) is 12.9. The summed E-state index contributed by atoms with van der Waals surface area (Å²) in [6, 6.07) is 11.1. The highest BCUT2D eigenvalue weighted by atomic mass is 16.5. The summed E-state index contributed by atoms with van der Waals surface area (Å²) in [5, 5.41) is 17.1. The van der Waals surface area contributed by atoms with Gasteiger partial charge in [-0.25, -0.2) is 9.78 Å². The van der Waals surface area contributed by atoms with E-state index in [-0.39, 0.29) is 28.6 Å². The second-order valence-corrected chi connectivity index (χ2v) is 8.68. The van der Waals surface area contributed by atoms with Gasteiger partial charge in [-0.15, -0.1) is 0 Å². The highest BCUT2D eigenvalue weighted by molar-refractivity contribution is 5.95. The molecule has 0 saturated carbocycles. The molecular formula is C25H26N6O5. The lowest BCUT2D eigenvalue weighted by Gasteiger charge is -2.32. The molecule has 5 rings (SSSR count). The van der Waals surface area contributed by atoms with E-state index in [0.717, 1.165) is 11.3 Å². The Hall–Kier alpha value is -4.54. The molecule has 4 aromatic rings. The largest absolute Gasteiger partial charge is 0.497 e. The van der Waals surface area contributed by atoms with Gasteiger partial charge < -0.3 is 29.4 Å². The van der Waals surface area contributed by atoms with Crippen LogP contribution in [0.2, 0.25) is 0 Å².